The highest BCUT2D eigenvalue weighted by Crippen LogP contribution is 2.17. The molecule has 1 aromatic carbocycles. The van der Waals surface area contributed by atoms with Crippen molar-refractivity contribution in [3.63, 3.8) is 0 Å². The van der Waals surface area contributed by atoms with Crippen molar-refractivity contribution in [3.05, 3.63) is 29.8 Å². The number of amides is 1. The number of benzene rings is 1. The van der Waals surface area contributed by atoms with Crippen LogP contribution in [0.3, 0.4) is 0 Å². The Hall–Kier alpha value is -1.44. The maximum atomic E-state index is 12.2. The largest absolute Gasteiger partial charge is 0.369 e. The van der Waals surface area contributed by atoms with Crippen LogP contribution >= 0.6 is 0 Å². The molecule has 1 atom stereocenters. The molecule has 0 aliphatic carbocycles. The molecule has 0 spiro atoms. The second kappa shape index (κ2) is 7.21. The van der Waals surface area contributed by atoms with E-state index in [2.05, 4.69) is 4.72 Å². The second-order valence-electron chi connectivity index (χ2n) is 5.87. The first kappa shape index (κ1) is 16.9. The molecule has 0 saturated carbocycles. The number of hydrogen-bond acceptors (Lipinski definition) is 4. The Morgan fingerprint density at radius 2 is 2.05 bits per heavy atom. The summed E-state index contributed by atoms with van der Waals surface area (Å²) in [6.07, 6.45) is 1.90. The van der Waals surface area contributed by atoms with Gasteiger partial charge in [0.15, 0.2) is 0 Å². The molecule has 1 amide bonds. The zero-order chi connectivity index (χ0) is 16.2. The van der Waals surface area contributed by atoms with Crippen LogP contribution in [0, 0.1) is 12.8 Å². The van der Waals surface area contributed by atoms with Gasteiger partial charge in [-0.1, -0.05) is 17.7 Å². The second-order valence-corrected chi connectivity index (χ2v) is 7.64. The number of nitrogens with two attached hydrogens (primary N) is 1. The summed E-state index contributed by atoms with van der Waals surface area (Å²) in [6, 6.07) is 6.78. The van der Waals surface area contributed by atoms with E-state index in [0.717, 1.165) is 24.9 Å². The first-order valence-corrected chi connectivity index (χ1v) is 8.92. The van der Waals surface area contributed by atoms with Crippen LogP contribution in [-0.2, 0) is 14.8 Å². The Bertz CT molecular complexity index is 613. The predicted molar refractivity (Wildman–Crippen MR) is 84.7 cm³/mol. The molecular formula is C15H23N3O3S. The number of aryl methyl sites for hydroxylation is 1. The van der Waals surface area contributed by atoms with Crippen molar-refractivity contribution in [2.24, 2.45) is 11.7 Å². The van der Waals surface area contributed by atoms with E-state index >= 15 is 0 Å². The van der Waals surface area contributed by atoms with E-state index in [1.54, 1.807) is 24.3 Å². The number of sulfonamides is 1. The normalized spacial score (nSPS) is 20.0. The number of primary amides is 1. The molecular weight excluding hydrogens is 302 g/mol. The third-order valence-corrected chi connectivity index (χ3v) is 5.32. The quantitative estimate of drug-likeness (QED) is 0.795. The molecule has 1 fully saturated rings. The first-order chi connectivity index (χ1) is 10.4. The monoisotopic (exact) mass is 325 g/mol. The number of nitrogens with one attached hydrogen (secondary N) is 1. The standard InChI is InChI=1S/C15H23N3O3S/c1-12-4-6-14(7-5-12)22(20,21)17-9-13-3-2-8-18(10-13)11-15(16)19/h4-7,13,17H,2-3,8-11H2,1H3,(H2,16,19). The molecule has 1 aromatic rings. The Morgan fingerprint density at radius 3 is 2.68 bits per heavy atom. The summed E-state index contributed by atoms with van der Waals surface area (Å²) in [5, 5.41) is 0. The van der Waals surface area contributed by atoms with Crippen LogP contribution < -0.4 is 10.5 Å². The lowest BCUT2D eigenvalue weighted by Crippen LogP contribution is -2.44. The van der Waals surface area contributed by atoms with E-state index < -0.39 is 10.0 Å². The van der Waals surface area contributed by atoms with E-state index in [4.69, 9.17) is 5.73 Å². The van der Waals surface area contributed by atoms with Gasteiger partial charge in [0.1, 0.15) is 0 Å². The van der Waals surface area contributed by atoms with Gasteiger partial charge < -0.3 is 5.73 Å². The zero-order valence-electron chi connectivity index (χ0n) is 12.8. The van der Waals surface area contributed by atoms with Gasteiger partial charge in [-0.2, -0.15) is 0 Å². The van der Waals surface area contributed by atoms with Gasteiger partial charge in [0.2, 0.25) is 15.9 Å². The van der Waals surface area contributed by atoms with E-state index in [9.17, 15) is 13.2 Å². The SMILES string of the molecule is Cc1ccc(S(=O)(=O)NCC2CCCN(CC(N)=O)C2)cc1. The highest BCUT2D eigenvalue weighted by Gasteiger charge is 2.23. The molecule has 1 aliphatic heterocycles. The molecule has 0 aromatic heterocycles. The molecule has 2 rings (SSSR count). The summed E-state index contributed by atoms with van der Waals surface area (Å²) >= 11 is 0. The number of piperidine rings is 1. The van der Waals surface area contributed by atoms with E-state index in [-0.39, 0.29) is 23.3 Å². The number of likely N-dealkylation sites (tertiary alicyclic amines) is 1. The minimum absolute atomic E-state index is 0.202. The Labute approximate surface area is 131 Å². The molecule has 22 heavy (non-hydrogen) atoms. The number of hydrogen-bond donors (Lipinski definition) is 2. The molecule has 1 unspecified atom stereocenters. The lowest BCUT2D eigenvalue weighted by molar-refractivity contribution is -0.119. The third kappa shape index (κ3) is 4.79. The lowest BCUT2D eigenvalue weighted by Gasteiger charge is -2.31. The number of rotatable bonds is 6. The fourth-order valence-electron chi connectivity index (χ4n) is 2.71. The van der Waals surface area contributed by atoms with Crippen molar-refractivity contribution >= 4 is 15.9 Å². The van der Waals surface area contributed by atoms with Gasteiger partial charge in [0.25, 0.3) is 0 Å². The molecule has 122 valence electrons. The van der Waals surface area contributed by atoms with Gasteiger partial charge >= 0.3 is 0 Å². The van der Waals surface area contributed by atoms with Crippen LogP contribution in [0.25, 0.3) is 0 Å². The fraction of sp³-hybridized carbons (Fsp3) is 0.533. The Morgan fingerprint density at radius 1 is 1.36 bits per heavy atom. The minimum Gasteiger partial charge on any atom is -0.369 e. The number of carbonyl (C=O) groups excluding carboxylic acids is 1. The third-order valence-electron chi connectivity index (χ3n) is 3.88. The van der Waals surface area contributed by atoms with Crippen LogP contribution in [0.2, 0.25) is 0 Å². The molecule has 0 bridgehead atoms. The summed E-state index contributed by atoms with van der Waals surface area (Å²) in [7, 11) is -3.48. The Balaban J connectivity index is 1.91. The van der Waals surface area contributed by atoms with Crippen LogP contribution in [0.4, 0.5) is 0 Å². The Kier molecular flexibility index (Phi) is 5.55. The zero-order valence-corrected chi connectivity index (χ0v) is 13.6. The molecule has 6 nitrogen and oxygen atoms in total. The average molecular weight is 325 g/mol. The molecule has 1 heterocycles. The average Bonchev–Trinajstić information content (AvgIpc) is 2.45. The highest BCUT2D eigenvalue weighted by molar-refractivity contribution is 7.89. The number of carbonyl (C=O) groups is 1. The van der Waals surface area contributed by atoms with Gasteiger partial charge in [-0.25, -0.2) is 13.1 Å². The lowest BCUT2D eigenvalue weighted by atomic mass is 9.98. The van der Waals surface area contributed by atoms with E-state index in [1.807, 2.05) is 11.8 Å². The summed E-state index contributed by atoms with van der Waals surface area (Å²) in [4.78, 5) is 13.2. The molecule has 1 aliphatic rings. The maximum absolute atomic E-state index is 12.2. The van der Waals surface area contributed by atoms with Crippen molar-refractivity contribution in [2.75, 3.05) is 26.2 Å². The summed E-state index contributed by atoms with van der Waals surface area (Å²) in [5.41, 5.74) is 6.23. The summed E-state index contributed by atoms with van der Waals surface area (Å²) < 4.78 is 27.2. The maximum Gasteiger partial charge on any atom is 0.240 e. The summed E-state index contributed by atoms with van der Waals surface area (Å²) in [6.45, 7) is 4.06. The van der Waals surface area contributed by atoms with E-state index in [0.29, 0.717) is 13.1 Å². The summed E-state index contributed by atoms with van der Waals surface area (Å²) in [5.74, 6) is -0.144. The van der Waals surface area contributed by atoms with Gasteiger partial charge in [0.05, 0.1) is 11.4 Å². The minimum atomic E-state index is -3.48. The fourth-order valence-corrected chi connectivity index (χ4v) is 3.83. The van der Waals surface area contributed by atoms with Crippen molar-refractivity contribution in [3.8, 4) is 0 Å². The predicted octanol–water partition coefficient (Wildman–Crippen LogP) is 0.471. The molecule has 1 saturated heterocycles. The van der Waals surface area contributed by atoms with Crippen LogP contribution in [0.15, 0.2) is 29.2 Å². The van der Waals surface area contributed by atoms with Crippen molar-refractivity contribution < 1.29 is 13.2 Å². The molecule has 7 heteroatoms. The van der Waals surface area contributed by atoms with Crippen LogP contribution in [-0.4, -0.2) is 45.4 Å². The van der Waals surface area contributed by atoms with Crippen molar-refractivity contribution in [2.45, 2.75) is 24.7 Å². The van der Waals surface area contributed by atoms with Crippen LogP contribution in [0.1, 0.15) is 18.4 Å². The van der Waals surface area contributed by atoms with Crippen molar-refractivity contribution in [1.29, 1.82) is 0 Å². The smallest absolute Gasteiger partial charge is 0.240 e. The van der Waals surface area contributed by atoms with E-state index in [1.165, 1.54) is 0 Å². The first-order valence-electron chi connectivity index (χ1n) is 7.44. The van der Waals surface area contributed by atoms with Gasteiger partial charge in [-0.3, -0.25) is 9.69 Å². The van der Waals surface area contributed by atoms with Crippen LogP contribution in [0.5, 0.6) is 0 Å². The highest BCUT2D eigenvalue weighted by atomic mass is 32.2. The van der Waals surface area contributed by atoms with Crippen molar-refractivity contribution in [1.82, 2.24) is 9.62 Å². The van der Waals surface area contributed by atoms with Gasteiger partial charge in [-0.15, -0.1) is 0 Å². The van der Waals surface area contributed by atoms with Gasteiger partial charge in [0, 0.05) is 13.1 Å². The molecule has 0 radical (unpaired) electrons. The van der Waals surface area contributed by atoms with Gasteiger partial charge in [-0.05, 0) is 44.4 Å². The number of nitrogens with zero attached hydrogens (tertiary/aromatic N) is 1. The topological polar surface area (TPSA) is 92.5 Å². The molecule has 3 N–H and O–H groups in total.